The first kappa shape index (κ1) is 17.3. The van der Waals surface area contributed by atoms with Crippen LogP contribution < -0.4 is 5.32 Å². The zero-order valence-electron chi connectivity index (χ0n) is 12.1. The van der Waals surface area contributed by atoms with E-state index in [1.165, 1.54) is 6.07 Å². The van der Waals surface area contributed by atoms with Gasteiger partial charge in [-0.1, -0.05) is 11.8 Å². The van der Waals surface area contributed by atoms with Crippen LogP contribution in [0.2, 0.25) is 0 Å². The molecule has 23 heavy (non-hydrogen) atoms. The molecule has 0 atom stereocenters. The van der Waals surface area contributed by atoms with Crippen LogP contribution in [0.4, 0.5) is 13.2 Å². The van der Waals surface area contributed by atoms with Gasteiger partial charge in [-0.3, -0.25) is 4.79 Å². The summed E-state index contributed by atoms with van der Waals surface area (Å²) in [7, 11) is 0. The van der Waals surface area contributed by atoms with Crippen molar-refractivity contribution >= 4 is 17.7 Å². The standard InChI is InChI=1S/C14H15F3N4OS/c15-14(16,17)11-2-3-13(20-8-11)23-9-12(22)19-4-1-6-21-7-5-18-10-21/h2-3,5,7-8,10H,1,4,6,9H2,(H,19,22). The Balaban J connectivity index is 1.66. The van der Waals surface area contributed by atoms with Crippen molar-refractivity contribution < 1.29 is 18.0 Å². The summed E-state index contributed by atoms with van der Waals surface area (Å²) in [6, 6.07) is 2.22. The van der Waals surface area contributed by atoms with Crippen molar-refractivity contribution in [3.8, 4) is 0 Å². The number of amides is 1. The third-order valence-corrected chi connectivity index (χ3v) is 3.83. The number of carbonyl (C=O) groups excluding carboxylic acids is 1. The minimum atomic E-state index is -4.40. The second-order valence-electron chi connectivity index (χ2n) is 4.68. The number of rotatable bonds is 7. The van der Waals surface area contributed by atoms with E-state index in [0.29, 0.717) is 11.6 Å². The maximum Gasteiger partial charge on any atom is 0.417 e. The highest BCUT2D eigenvalue weighted by Gasteiger charge is 2.30. The fourth-order valence-electron chi connectivity index (χ4n) is 1.73. The van der Waals surface area contributed by atoms with Gasteiger partial charge in [0, 0.05) is 31.7 Å². The minimum absolute atomic E-state index is 0.115. The summed E-state index contributed by atoms with van der Waals surface area (Å²) >= 11 is 1.10. The van der Waals surface area contributed by atoms with Crippen molar-refractivity contribution in [3.05, 3.63) is 42.6 Å². The molecule has 0 unspecified atom stereocenters. The molecule has 2 rings (SSSR count). The van der Waals surface area contributed by atoms with Crippen molar-refractivity contribution in [2.75, 3.05) is 12.3 Å². The van der Waals surface area contributed by atoms with E-state index in [-0.39, 0.29) is 11.7 Å². The van der Waals surface area contributed by atoms with Crippen molar-refractivity contribution in [1.29, 1.82) is 0 Å². The van der Waals surface area contributed by atoms with E-state index in [0.717, 1.165) is 37.0 Å². The number of pyridine rings is 1. The summed E-state index contributed by atoms with van der Waals surface area (Å²) in [5, 5.41) is 3.13. The smallest absolute Gasteiger partial charge is 0.355 e. The van der Waals surface area contributed by atoms with E-state index < -0.39 is 11.7 Å². The van der Waals surface area contributed by atoms with Crippen molar-refractivity contribution in [2.24, 2.45) is 0 Å². The van der Waals surface area contributed by atoms with Gasteiger partial charge in [0.1, 0.15) is 0 Å². The lowest BCUT2D eigenvalue weighted by molar-refractivity contribution is -0.137. The summed E-state index contributed by atoms with van der Waals surface area (Å²) in [6.07, 6.45) is 2.37. The van der Waals surface area contributed by atoms with Gasteiger partial charge in [-0.2, -0.15) is 13.2 Å². The second-order valence-corrected chi connectivity index (χ2v) is 5.67. The van der Waals surface area contributed by atoms with E-state index in [1.54, 1.807) is 12.5 Å². The number of carbonyl (C=O) groups is 1. The van der Waals surface area contributed by atoms with Gasteiger partial charge in [0.25, 0.3) is 0 Å². The van der Waals surface area contributed by atoms with Crippen molar-refractivity contribution in [3.63, 3.8) is 0 Å². The Morgan fingerprint density at radius 1 is 1.35 bits per heavy atom. The van der Waals surface area contributed by atoms with Crippen LogP contribution in [0.25, 0.3) is 0 Å². The van der Waals surface area contributed by atoms with E-state index in [4.69, 9.17) is 0 Å². The summed E-state index contributed by atoms with van der Waals surface area (Å²) in [4.78, 5) is 19.3. The highest BCUT2D eigenvalue weighted by molar-refractivity contribution is 7.99. The molecule has 0 fully saturated rings. The van der Waals surface area contributed by atoms with Gasteiger partial charge in [-0.15, -0.1) is 0 Å². The summed E-state index contributed by atoms with van der Waals surface area (Å²) < 4.78 is 39.1. The fraction of sp³-hybridized carbons (Fsp3) is 0.357. The number of aromatic nitrogens is 3. The number of hydrogen-bond donors (Lipinski definition) is 1. The highest BCUT2D eigenvalue weighted by Crippen LogP contribution is 2.29. The minimum Gasteiger partial charge on any atom is -0.355 e. The Hall–Kier alpha value is -2.03. The van der Waals surface area contributed by atoms with Crippen LogP contribution in [0, 0.1) is 0 Å². The molecule has 9 heteroatoms. The normalized spacial score (nSPS) is 11.4. The molecule has 2 aromatic heterocycles. The van der Waals surface area contributed by atoms with Gasteiger partial charge in [0.05, 0.1) is 22.7 Å². The molecule has 0 spiro atoms. The molecule has 0 bridgehead atoms. The predicted octanol–water partition coefficient (Wildman–Crippen LogP) is 2.60. The van der Waals surface area contributed by atoms with Crippen LogP contribution in [-0.4, -0.2) is 32.7 Å². The number of nitrogens with zero attached hydrogens (tertiary/aromatic N) is 3. The Morgan fingerprint density at radius 2 is 2.17 bits per heavy atom. The van der Waals surface area contributed by atoms with Crippen LogP contribution in [0.1, 0.15) is 12.0 Å². The van der Waals surface area contributed by atoms with Gasteiger partial charge in [-0.25, -0.2) is 9.97 Å². The van der Waals surface area contributed by atoms with E-state index in [9.17, 15) is 18.0 Å². The molecule has 0 saturated heterocycles. The number of aryl methyl sites for hydroxylation is 1. The Kier molecular flexibility index (Phi) is 6.03. The fourth-order valence-corrected chi connectivity index (χ4v) is 2.40. The summed E-state index contributed by atoms with van der Waals surface area (Å²) in [6.45, 7) is 1.28. The lowest BCUT2D eigenvalue weighted by atomic mass is 10.3. The van der Waals surface area contributed by atoms with E-state index >= 15 is 0 Å². The molecule has 1 amide bonds. The molecular weight excluding hydrogens is 329 g/mol. The molecule has 2 heterocycles. The quantitative estimate of drug-likeness (QED) is 0.620. The van der Waals surface area contributed by atoms with Gasteiger partial charge in [0.15, 0.2) is 0 Å². The zero-order valence-corrected chi connectivity index (χ0v) is 12.9. The Bertz CT molecular complexity index is 614. The van der Waals surface area contributed by atoms with E-state index in [2.05, 4.69) is 15.3 Å². The third-order valence-electron chi connectivity index (χ3n) is 2.89. The molecule has 1 N–H and O–H groups in total. The zero-order chi connectivity index (χ0) is 16.7. The molecule has 0 radical (unpaired) electrons. The first-order chi connectivity index (χ1) is 10.9. The highest BCUT2D eigenvalue weighted by atomic mass is 32.2. The van der Waals surface area contributed by atoms with Crippen molar-refractivity contribution in [2.45, 2.75) is 24.2 Å². The monoisotopic (exact) mass is 344 g/mol. The molecule has 0 aliphatic heterocycles. The molecule has 0 saturated carbocycles. The maximum absolute atomic E-state index is 12.4. The first-order valence-electron chi connectivity index (χ1n) is 6.83. The van der Waals surface area contributed by atoms with E-state index in [1.807, 2.05) is 10.8 Å². The molecule has 5 nitrogen and oxygen atoms in total. The van der Waals surface area contributed by atoms with Gasteiger partial charge in [0.2, 0.25) is 5.91 Å². The summed E-state index contributed by atoms with van der Waals surface area (Å²) in [5.74, 6) is -0.0639. The third kappa shape index (κ3) is 5.93. The predicted molar refractivity (Wildman–Crippen MR) is 79.8 cm³/mol. The maximum atomic E-state index is 12.4. The van der Waals surface area contributed by atoms with Gasteiger partial charge < -0.3 is 9.88 Å². The van der Waals surface area contributed by atoms with Crippen LogP contribution in [-0.2, 0) is 17.5 Å². The topological polar surface area (TPSA) is 59.8 Å². The Morgan fingerprint density at radius 3 is 2.78 bits per heavy atom. The average molecular weight is 344 g/mol. The number of thioether (sulfide) groups is 1. The van der Waals surface area contributed by atoms with Gasteiger partial charge >= 0.3 is 6.18 Å². The number of imidazole rings is 1. The summed E-state index contributed by atoms with van der Waals surface area (Å²) in [5.41, 5.74) is -0.800. The van der Waals surface area contributed by atoms with Gasteiger partial charge in [-0.05, 0) is 18.6 Å². The first-order valence-corrected chi connectivity index (χ1v) is 7.82. The average Bonchev–Trinajstić information content (AvgIpc) is 3.02. The number of alkyl halides is 3. The molecule has 2 aromatic rings. The molecular formula is C14H15F3N4OS. The van der Waals surface area contributed by atoms with Crippen LogP contribution in [0.5, 0.6) is 0 Å². The molecule has 124 valence electrons. The lowest BCUT2D eigenvalue weighted by Gasteiger charge is -2.07. The van der Waals surface area contributed by atoms with Crippen LogP contribution in [0.3, 0.4) is 0 Å². The van der Waals surface area contributed by atoms with Crippen LogP contribution in [0.15, 0.2) is 42.1 Å². The lowest BCUT2D eigenvalue weighted by Crippen LogP contribution is -2.26. The molecule has 0 aliphatic rings. The SMILES string of the molecule is O=C(CSc1ccc(C(F)(F)F)cn1)NCCCn1ccnc1. The molecule has 0 aliphatic carbocycles. The largest absolute Gasteiger partial charge is 0.417 e. The molecule has 0 aromatic carbocycles. The number of nitrogens with one attached hydrogen (secondary N) is 1. The number of hydrogen-bond acceptors (Lipinski definition) is 4. The van der Waals surface area contributed by atoms with Crippen LogP contribution >= 0.6 is 11.8 Å². The second kappa shape index (κ2) is 8.00. The van der Waals surface area contributed by atoms with Crippen molar-refractivity contribution in [1.82, 2.24) is 19.9 Å². The Labute approximate surface area is 135 Å². The number of halogens is 3.